The monoisotopic (exact) mass is 936 g/mol. The largest absolute Gasteiger partial charge is 0.756 e. The molecule has 0 aromatic carbocycles. The zero-order chi connectivity index (χ0) is 47.6. The maximum atomic E-state index is 12.8. The molecule has 0 amide bonds. The summed E-state index contributed by atoms with van der Waals surface area (Å²) < 4.78 is 34.8. The lowest BCUT2D eigenvalue weighted by Gasteiger charge is -2.28. The van der Waals surface area contributed by atoms with Crippen molar-refractivity contribution in [1.82, 2.24) is 0 Å². The van der Waals surface area contributed by atoms with Crippen molar-refractivity contribution in [3.8, 4) is 0 Å². The highest BCUT2D eigenvalue weighted by molar-refractivity contribution is 7.45. The first-order chi connectivity index (χ1) is 31.6. The van der Waals surface area contributed by atoms with Crippen LogP contribution in [0.5, 0.6) is 0 Å². The van der Waals surface area contributed by atoms with Crippen LogP contribution in [-0.4, -0.2) is 70.7 Å². The van der Waals surface area contributed by atoms with Gasteiger partial charge in [-0.1, -0.05) is 210 Å². The number of allylic oxidation sites excluding steroid dienone is 8. The van der Waals surface area contributed by atoms with Crippen LogP contribution in [0.1, 0.15) is 245 Å². The van der Waals surface area contributed by atoms with Crippen molar-refractivity contribution >= 4 is 13.8 Å². The topological polar surface area (TPSA) is 94.1 Å². The molecule has 382 valence electrons. The maximum absolute atomic E-state index is 12.8. The predicted molar refractivity (Wildman–Crippen MR) is 277 cm³/mol. The smallest absolute Gasteiger partial charge is 0.306 e. The summed E-state index contributed by atoms with van der Waals surface area (Å²) in [6.45, 7) is 5.42. The number of nitrogens with zero attached hydrogens (tertiary/aromatic N) is 1. The molecule has 8 nitrogen and oxygen atoms in total. The van der Waals surface area contributed by atoms with Gasteiger partial charge in [0.15, 0.2) is 0 Å². The van der Waals surface area contributed by atoms with Crippen LogP contribution >= 0.6 is 7.82 Å². The number of rotatable bonds is 51. The van der Waals surface area contributed by atoms with Crippen molar-refractivity contribution in [2.24, 2.45) is 0 Å². The summed E-state index contributed by atoms with van der Waals surface area (Å²) in [4.78, 5) is 25.2. The molecule has 0 radical (unpaired) electrons. The van der Waals surface area contributed by atoms with Crippen LogP contribution in [0.4, 0.5) is 0 Å². The van der Waals surface area contributed by atoms with E-state index >= 15 is 0 Å². The van der Waals surface area contributed by atoms with Crippen LogP contribution in [0, 0.1) is 0 Å². The molecule has 0 fully saturated rings. The molecule has 0 heterocycles. The van der Waals surface area contributed by atoms with Crippen molar-refractivity contribution in [1.29, 1.82) is 0 Å². The minimum absolute atomic E-state index is 0.0236. The SMILES string of the molecule is CCCCCCC/C=C\C/C=C\C/C=C\CCCCCCCCCCC(=O)OC(COCCCCCCCCCCCC/C=C\CCCCCCCC)COP(=O)([O-])OCC[N+](C)(C)C. The highest BCUT2D eigenvalue weighted by Gasteiger charge is 2.20. The fraction of sp³-hybridized carbons (Fsp3) is 0.839. The minimum Gasteiger partial charge on any atom is -0.756 e. The normalized spacial score (nSPS) is 13.9. The van der Waals surface area contributed by atoms with Gasteiger partial charge in [-0.2, -0.15) is 0 Å². The van der Waals surface area contributed by atoms with Crippen LogP contribution in [-0.2, 0) is 27.9 Å². The number of likely N-dealkylation sites (N-methyl/N-ethyl adjacent to an activating group) is 1. The lowest BCUT2D eigenvalue weighted by atomic mass is 10.1. The van der Waals surface area contributed by atoms with Crippen LogP contribution in [0.3, 0.4) is 0 Å². The third-order valence-corrected chi connectivity index (χ3v) is 12.8. The molecule has 0 aliphatic carbocycles. The van der Waals surface area contributed by atoms with Gasteiger partial charge in [-0.05, 0) is 77.0 Å². The second kappa shape index (κ2) is 48.9. The van der Waals surface area contributed by atoms with E-state index in [0.29, 0.717) is 24.1 Å². The van der Waals surface area contributed by atoms with Crippen LogP contribution < -0.4 is 4.89 Å². The molecule has 0 bridgehead atoms. The van der Waals surface area contributed by atoms with Crippen molar-refractivity contribution < 1.29 is 37.3 Å². The van der Waals surface area contributed by atoms with Gasteiger partial charge in [0, 0.05) is 13.0 Å². The summed E-state index contributed by atoms with van der Waals surface area (Å²) in [5.74, 6) is -0.339. The van der Waals surface area contributed by atoms with Gasteiger partial charge in [-0.15, -0.1) is 0 Å². The first kappa shape index (κ1) is 63.5. The molecule has 0 N–H and O–H groups in total. The number of hydrogen-bond donors (Lipinski definition) is 0. The molecule has 65 heavy (non-hydrogen) atoms. The number of phosphoric acid groups is 1. The van der Waals surface area contributed by atoms with Gasteiger partial charge in [-0.25, -0.2) is 0 Å². The summed E-state index contributed by atoms with van der Waals surface area (Å²) in [6.07, 6.45) is 61.4. The number of unbranched alkanes of at least 4 members (excludes halogenated alkanes) is 29. The van der Waals surface area contributed by atoms with E-state index in [9.17, 15) is 14.3 Å². The Morgan fingerprint density at radius 2 is 0.846 bits per heavy atom. The van der Waals surface area contributed by atoms with E-state index in [2.05, 4.69) is 62.5 Å². The van der Waals surface area contributed by atoms with Crippen molar-refractivity contribution in [3.63, 3.8) is 0 Å². The summed E-state index contributed by atoms with van der Waals surface area (Å²) >= 11 is 0. The molecule has 0 rings (SSSR count). The van der Waals surface area contributed by atoms with Crippen LogP contribution in [0.25, 0.3) is 0 Å². The molecular weight excluding hydrogens is 830 g/mol. The van der Waals surface area contributed by atoms with Gasteiger partial charge < -0.3 is 27.9 Å². The van der Waals surface area contributed by atoms with E-state index in [1.165, 1.54) is 173 Å². The van der Waals surface area contributed by atoms with Gasteiger partial charge in [0.05, 0.1) is 34.4 Å². The van der Waals surface area contributed by atoms with E-state index < -0.39 is 13.9 Å². The van der Waals surface area contributed by atoms with Gasteiger partial charge in [0.25, 0.3) is 7.82 Å². The summed E-state index contributed by atoms with van der Waals surface area (Å²) in [7, 11) is 1.35. The molecule has 0 aliphatic rings. The number of esters is 1. The van der Waals surface area contributed by atoms with Crippen molar-refractivity contribution in [2.45, 2.75) is 251 Å². The molecule has 2 atom stereocenters. The van der Waals surface area contributed by atoms with Crippen molar-refractivity contribution in [3.05, 3.63) is 48.6 Å². The molecule has 0 aliphatic heterocycles. The quantitative estimate of drug-likeness (QED) is 0.0197. The average Bonchev–Trinajstić information content (AvgIpc) is 3.27. The molecule has 0 aromatic heterocycles. The third-order valence-electron chi connectivity index (χ3n) is 11.9. The number of carbonyl (C=O) groups is 1. The summed E-state index contributed by atoms with van der Waals surface area (Å²) in [5, 5.41) is 0. The second-order valence-electron chi connectivity index (χ2n) is 19.6. The fourth-order valence-corrected chi connectivity index (χ4v) is 8.34. The molecule has 9 heteroatoms. The van der Waals surface area contributed by atoms with E-state index in [1.54, 1.807) is 0 Å². The highest BCUT2D eigenvalue weighted by Crippen LogP contribution is 2.38. The van der Waals surface area contributed by atoms with Crippen LogP contribution in [0.2, 0.25) is 0 Å². The van der Waals surface area contributed by atoms with Gasteiger partial charge >= 0.3 is 5.97 Å². The van der Waals surface area contributed by atoms with Gasteiger partial charge in [0.2, 0.25) is 0 Å². The minimum atomic E-state index is -4.54. The number of ether oxygens (including phenoxy) is 2. The number of phosphoric ester groups is 1. The zero-order valence-corrected chi connectivity index (χ0v) is 44.3. The number of quaternary nitrogens is 1. The summed E-state index contributed by atoms with van der Waals surface area (Å²) in [5.41, 5.74) is 0. The van der Waals surface area contributed by atoms with Crippen molar-refractivity contribution in [2.75, 3.05) is 54.1 Å². The lowest BCUT2D eigenvalue weighted by Crippen LogP contribution is -2.37. The third kappa shape index (κ3) is 53.3. The number of carbonyl (C=O) groups excluding carboxylic acids is 1. The Hall–Kier alpha value is -1.54. The Morgan fingerprint density at radius 3 is 1.28 bits per heavy atom. The average molecular weight is 936 g/mol. The zero-order valence-electron chi connectivity index (χ0n) is 43.4. The Labute approximate surface area is 403 Å². The Bertz CT molecular complexity index is 1180. The van der Waals surface area contributed by atoms with E-state index in [1.807, 2.05) is 21.1 Å². The lowest BCUT2D eigenvalue weighted by molar-refractivity contribution is -0.870. The van der Waals surface area contributed by atoms with E-state index in [-0.39, 0.29) is 25.8 Å². The Kier molecular flexibility index (Phi) is 47.7. The van der Waals surface area contributed by atoms with Gasteiger partial charge in [0.1, 0.15) is 19.3 Å². The maximum Gasteiger partial charge on any atom is 0.306 e. The van der Waals surface area contributed by atoms with Crippen LogP contribution in [0.15, 0.2) is 48.6 Å². The molecule has 0 saturated heterocycles. The first-order valence-electron chi connectivity index (χ1n) is 27.4. The second-order valence-corrected chi connectivity index (χ2v) is 21.0. The Balaban J connectivity index is 4.13. The molecule has 0 aromatic rings. The molecule has 2 unspecified atom stereocenters. The molecule has 0 spiro atoms. The van der Waals surface area contributed by atoms with E-state index in [4.69, 9.17) is 18.5 Å². The number of hydrogen-bond acceptors (Lipinski definition) is 7. The summed E-state index contributed by atoms with van der Waals surface area (Å²) in [6, 6.07) is 0. The Morgan fingerprint density at radius 1 is 0.477 bits per heavy atom. The predicted octanol–water partition coefficient (Wildman–Crippen LogP) is 16.4. The molecule has 0 saturated carbocycles. The molecular formula is C56H106NO7P. The van der Waals surface area contributed by atoms with E-state index in [0.717, 1.165) is 51.4 Å². The highest BCUT2D eigenvalue weighted by atomic mass is 31.2. The van der Waals surface area contributed by atoms with Gasteiger partial charge in [-0.3, -0.25) is 9.36 Å². The fourth-order valence-electron chi connectivity index (χ4n) is 7.61. The first-order valence-corrected chi connectivity index (χ1v) is 28.8. The standard InChI is InChI=1S/C56H106NO7P/c1-6-8-10-12-14-16-18-20-22-24-26-28-29-30-31-33-35-37-39-41-43-45-47-49-56(58)64-55(54-63-65(59,60)62-52-50-57(3,4)5)53-61-51-48-46-44-42-40-38-36-34-32-27-25-23-21-19-17-15-13-11-9-7-2/h18,20-21,23-24,26,29-30,55H,6-17,19,22,25,27-28,31-54H2,1-5H3/b20-18-,23-21-,26-24-,30-29-.